The largest absolute Gasteiger partial charge is 0.481 e. The number of carbonyl (C=O) groups is 1. The zero-order chi connectivity index (χ0) is 19.0. The molecule has 150 valence electrons. The molecule has 0 aromatic rings. The van der Waals surface area contributed by atoms with Crippen LogP contribution < -0.4 is 0 Å². The number of carboxylic acids is 1. The molecule has 2 unspecified atom stereocenters. The fourth-order valence-electron chi connectivity index (χ4n) is 3.20. The lowest BCUT2D eigenvalue weighted by Crippen LogP contribution is -2.19. The van der Waals surface area contributed by atoms with E-state index in [1.54, 1.807) is 6.21 Å². The van der Waals surface area contributed by atoms with E-state index in [0.717, 1.165) is 57.8 Å². The van der Waals surface area contributed by atoms with E-state index >= 15 is 0 Å². The number of carboxylic acid groups (broad SMARTS) is 1. The summed E-state index contributed by atoms with van der Waals surface area (Å²) in [5.41, 5.74) is 0. The van der Waals surface area contributed by atoms with Crippen LogP contribution in [0.25, 0.3) is 0 Å². The maximum Gasteiger partial charge on any atom is 0.303 e. The quantitative estimate of drug-likeness (QED) is 0.169. The number of rotatable bonds is 16. The van der Waals surface area contributed by atoms with Gasteiger partial charge in [0.2, 0.25) is 0 Å². The maximum atomic E-state index is 10.5. The topological polar surface area (TPSA) is 88.4 Å². The average molecular weight is 370 g/mol. The molecule has 0 amide bonds. The monoisotopic (exact) mass is 369 g/mol. The summed E-state index contributed by atoms with van der Waals surface area (Å²) in [6.07, 6.45) is 16.7. The lowest BCUT2D eigenvalue weighted by molar-refractivity contribution is -0.267. The summed E-state index contributed by atoms with van der Waals surface area (Å²) < 4.78 is 0. The predicted octanol–water partition coefficient (Wildman–Crippen LogP) is 5.19. The first-order chi connectivity index (χ1) is 12.7. The molecule has 0 radical (unpaired) electrons. The fourth-order valence-corrected chi connectivity index (χ4v) is 3.20. The Morgan fingerprint density at radius 3 is 2.58 bits per heavy atom. The third-order valence-corrected chi connectivity index (χ3v) is 4.81. The van der Waals surface area contributed by atoms with E-state index in [1.165, 1.54) is 12.8 Å². The summed E-state index contributed by atoms with van der Waals surface area (Å²) in [6.45, 7) is 2.18. The Bertz CT molecular complexity index is 416. The Labute approximate surface area is 157 Å². The van der Waals surface area contributed by atoms with E-state index < -0.39 is 5.97 Å². The van der Waals surface area contributed by atoms with Crippen molar-refractivity contribution in [1.29, 1.82) is 0 Å². The molecule has 0 aromatic heterocycles. The minimum Gasteiger partial charge on any atom is -0.481 e. The number of oxime groups is 1. The van der Waals surface area contributed by atoms with Crippen molar-refractivity contribution in [3.8, 4) is 0 Å². The van der Waals surface area contributed by atoms with Crippen LogP contribution >= 0.6 is 0 Å². The summed E-state index contributed by atoms with van der Waals surface area (Å²) in [4.78, 5) is 20.6. The van der Waals surface area contributed by atoms with Gasteiger partial charge >= 0.3 is 5.97 Å². The van der Waals surface area contributed by atoms with Crippen molar-refractivity contribution in [1.82, 2.24) is 0 Å². The normalized spacial score (nSPS) is 18.9. The molecular weight excluding hydrogens is 334 g/mol. The van der Waals surface area contributed by atoms with Crippen molar-refractivity contribution in [3.63, 3.8) is 0 Å². The molecular formula is C20H35NO5. The molecule has 6 nitrogen and oxygen atoms in total. The highest BCUT2D eigenvalue weighted by atomic mass is 17.1. The maximum absolute atomic E-state index is 10.5. The molecule has 0 spiro atoms. The Kier molecular flexibility index (Phi) is 12.8. The molecule has 1 rings (SSSR count). The molecule has 0 saturated carbocycles. The van der Waals surface area contributed by atoms with E-state index in [2.05, 4.69) is 23.0 Å². The zero-order valence-corrected chi connectivity index (χ0v) is 16.0. The van der Waals surface area contributed by atoms with Crippen molar-refractivity contribution < 1.29 is 24.9 Å². The Morgan fingerprint density at radius 1 is 1.19 bits per heavy atom. The molecule has 0 saturated heterocycles. The van der Waals surface area contributed by atoms with Gasteiger partial charge in [0.25, 0.3) is 0 Å². The molecule has 2 N–H and O–H groups in total. The summed E-state index contributed by atoms with van der Waals surface area (Å²) >= 11 is 0. The van der Waals surface area contributed by atoms with Crippen LogP contribution in [0.4, 0.5) is 0 Å². The molecule has 0 fully saturated rings. The molecule has 6 heteroatoms. The van der Waals surface area contributed by atoms with Gasteiger partial charge in [-0.2, -0.15) is 0 Å². The second-order valence-corrected chi connectivity index (χ2v) is 7.06. The predicted molar refractivity (Wildman–Crippen MR) is 102 cm³/mol. The SMILES string of the molecule is CCCCCCC(/C=C/[C@@H](CCCCCCC(=O)O)C1CC=NO1)OO. The van der Waals surface area contributed by atoms with E-state index in [4.69, 9.17) is 15.2 Å². The highest BCUT2D eigenvalue weighted by Crippen LogP contribution is 2.24. The van der Waals surface area contributed by atoms with Crippen molar-refractivity contribution in [2.45, 2.75) is 96.2 Å². The van der Waals surface area contributed by atoms with Crippen LogP contribution in [0, 0.1) is 5.92 Å². The third kappa shape index (κ3) is 10.6. The standard InChI is InChI=1S/C20H35NO5/c1-2-3-4-8-11-18(26-24)14-13-17(19-15-16-21-25-19)10-7-5-6-9-12-20(22)23/h13-14,16-19,24H,2-12,15H2,1H3,(H,22,23)/b14-13+/t17-,18?,19?/m1/s1. The molecule has 26 heavy (non-hydrogen) atoms. The Balaban J connectivity index is 2.37. The van der Waals surface area contributed by atoms with Gasteiger partial charge in [-0.25, -0.2) is 4.89 Å². The fraction of sp³-hybridized carbons (Fsp3) is 0.800. The summed E-state index contributed by atoms with van der Waals surface area (Å²) in [5, 5.41) is 21.7. The Hall–Kier alpha value is -1.40. The van der Waals surface area contributed by atoms with Crippen molar-refractivity contribution >= 4 is 12.2 Å². The van der Waals surface area contributed by atoms with Crippen LogP contribution in [0.2, 0.25) is 0 Å². The highest BCUT2D eigenvalue weighted by molar-refractivity contribution is 5.66. The molecule has 1 heterocycles. The summed E-state index contributed by atoms with van der Waals surface area (Å²) in [5.74, 6) is -0.499. The number of aliphatic carboxylic acids is 1. The van der Waals surface area contributed by atoms with Gasteiger partial charge < -0.3 is 9.94 Å². The van der Waals surface area contributed by atoms with Gasteiger partial charge in [-0.15, -0.1) is 0 Å². The van der Waals surface area contributed by atoms with E-state index in [0.29, 0.717) is 0 Å². The van der Waals surface area contributed by atoms with E-state index in [-0.39, 0.29) is 24.5 Å². The summed E-state index contributed by atoms with van der Waals surface area (Å²) in [6, 6.07) is 0. The second kappa shape index (κ2) is 14.7. The first-order valence-electron chi connectivity index (χ1n) is 10.0. The Morgan fingerprint density at radius 2 is 1.92 bits per heavy atom. The van der Waals surface area contributed by atoms with Gasteiger partial charge in [-0.3, -0.25) is 10.1 Å². The van der Waals surface area contributed by atoms with Crippen LogP contribution in [0.1, 0.15) is 84.0 Å². The van der Waals surface area contributed by atoms with Gasteiger partial charge in [-0.1, -0.05) is 69.2 Å². The lowest BCUT2D eigenvalue weighted by atomic mass is 9.92. The van der Waals surface area contributed by atoms with Crippen LogP contribution in [-0.4, -0.2) is 34.8 Å². The summed E-state index contributed by atoms with van der Waals surface area (Å²) in [7, 11) is 0. The number of hydrogen-bond donors (Lipinski definition) is 2. The van der Waals surface area contributed by atoms with Crippen molar-refractivity contribution in [2.24, 2.45) is 11.1 Å². The molecule has 0 bridgehead atoms. The smallest absolute Gasteiger partial charge is 0.303 e. The van der Waals surface area contributed by atoms with Gasteiger partial charge in [0.15, 0.2) is 0 Å². The highest BCUT2D eigenvalue weighted by Gasteiger charge is 2.23. The van der Waals surface area contributed by atoms with E-state index in [9.17, 15) is 4.79 Å². The lowest BCUT2D eigenvalue weighted by Gasteiger charge is -2.19. The van der Waals surface area contributed by atoms with Crippen molar-refractivity contribution in [2.75, 3.05) is 0 Å². The van der Waals surface area contributed by atoms with Crippen LogP contribution in [0.3, 0.4) is 0 Å². The molecule has 1 aliphatic rings. The van der Waals surface area contributed by atoms with Gasteiger partial charge in [0.05, 0.1) is 0 Å². The minimum atomic E-state index is -0.726. The van der Waals surface area contributed by atoms with E-state index in [1.807, 2.05) is 6.08 Å². The number of hydrogen-bond acceptors (Lipinski definition) is 5. The third-order valence-electron chi connectivity index (χ3n) is 4.81. The number of unbranched alkanes of at least 4 members (excludes halogenated alkanes) is 6. The van der Waals surface area contributed by atoms with Gasteiger partial charge in [0, 0.05) is 25.0 Å². The van der Waals surface area contributed by atoms with Crippen molar-refractivity contribution in [3.05, 3.63) is 12.2 Å². The minimum absolute atomic E-state index is 0.0460. The van der Waals surface area contributed by atoms with Crippen LogP contribution in [-0.2, 0) is 14.5 Å². The molecule has 1 aliphatic heterocycles. The zero-order valence-electron chi connectivity index (χ0n) is 16.0. The van der Waals surface area contributed by atoms with Gasteiger partial charge in [0.1, 0.15) is 12.2 Å². The van der Waals surface area contributed by atoms with Crippen LogP contribution in [0.5, 0.6) is 0 Å². The van der Waals surface area contributed by atoms with Crippen LogP contribution in [0.15, 0.2) is 17.3 Å². The average Bonchev–Trinajstić information content (AvgIpc) is 3.16. The molecule has 0 aliphatic carbocycles. The molecule has 0 aromatic carbocycles. The second-order valence-electron chi connectivity index (χ2n) is 7.06. The molecule has 3 atom stereocenters. The van der Waals surface area contributed by atoms with Gasteiger partial charge in [-0.05, 0) is 19.3 Å². The first-order valence-corrected chi connectivity index (χ1v) is 10.0. The number of nitrogens with zero attached hydrogens (tertiary/aromatic N) is 1. The first kappa shape index (κ1) is 22.6.